The van der Waals surface area contributed by atoms with E-state index in [1.165, 1.54) is 0 Å². The molecule has 2 nitrogen and oxygen atoms in total. The number of pyridine rings is 1. The molecule has 0 aliphatic rings. The average Bonchev–Trinajstić information content (AvgIpc) is 2.16. The zero-order valence-electron chi connectivity index (χ0n) is 8.87. The summed E-state index contributed by atoms with van der Waals surface area (Å²) in [6.45, 7) is 7.65. The van der Waals surface area contributed by atoms with E-state index in [9.17, 15) is 0 Å². The molecule has 0 spiro atoms. The van der Waals surface area contributed by atoms with Crippen LogP contribution in [0.25, 0.3) is 5.70 Å². The number of aliphatic imine (C=N–C) groups is 1. The fourth-order valence-electron chi connectivity index (χ4n) is 1.10. The molecule has 0 fully saturated rings. The van der Waals surface area contributed by atoms with Crippen LogP contribution in [-0.2, 0) is 0 Å². The van der Waals surface area contributed by atoms with Gasteiger partial charge in [0.1, 0.15) is 4.60 Å². The Morgan fingerprint density at radius 3 is 2.80 bits per heavy atom. The van der Waals surface area contributed by atoms with Gasteiger partial charge in [-0.05, 0) is 48.0 Å². The van der Waals surface area contributed by atoms with Crippen molar-refractivity contribution in [2.24, 2.45) is 4.99 Å². The molecule has 1 heterocycles. The lowest BCUT2D eigenvalue weighted by molar-refractivity contribution is 1.21. The summed E-state index contributed by atoms with van der Waals surface area (Å²) in [4.78, 5) is 8.61. The second-order valence-electron chi connectivity index (χ2n) is 3.11. The molecule has 0 aromatic carbocycles. The van der Waals surface area contributed by atoms with Crippen LogP contribution in [0.1, 0.15) is 19.5 Å². The molecular weight excluding hydrogens is 252 g/mol. The smallest absolute Gasteiger partial charge is 0.106 e. The van der Waals surface area contributed by atoms with Crippen molar-refractivity contribution in [2.45, 2.75) is 13.8 Å². The predicted molar refractivity (Wildman–Crippen MR) is 68.9 cm³/mol. The standard InChI is InChI=1S/C12H13BrN2/c1-4-14-11(8-9(2)3)10-6-5-7-12(13)15-10/h4-8H,2H2,1,3H3/b11-8-,14-4-. The summed E-state index contributed by atoms with van der Waals surface area (Å²) in [5, 5.41) is 0. The first-order valence-electron chi connectivity index (χ1n) is 4.62. The quantitative estimate of drug-likeness (QED) is 0.463. The highest BCUT2D eigenvalue weighted by Gasteiger charge is 2.01. The third-order valence-electron chi connectivity index (χ3n) is 1.63. The first kappa shape index (κ1) is 11.9. The number of hydrogen-bond acceptors (Lipinski definition) is 2. The van der Waals surface area contributed by atoms with E-state index < -0.39 is 0 Å². The second-order valence-corrected chi connectivity index (χ2v) is 3.92. The molecule has 0 saturated carbocycles. The van der Waals surface area contributed by atoms with Gasteiger partial charge in [-0.3, -0.25) is 4.99 Å². The molecule has 0 radical (unpaired) electrons. The van der Waals surface area contributed by atoms with E-state index in [-0.39, 0.29) is 0 Å². The summed E-state index contributed by atoms with van der Waals surface area (Å²) in [5.41, 5.74) is 2.62. The molecule has 1 aromatic heterocycles. The molecule has 0 unspecified atom stereocenters. The van der Waals surface area contributed by atoms with Crippen molar-refractivity contribution in [2.75, 3.05) is 0 Å². The van der Waals surface area contributed by atoms with Crippen molar-refractivity contribution in [1.82, 2.24) is 4.98 Å². The lowest BCUT2D eigenvalue weighted by Crippen LogP contribution is -1.88. The number of rotatable bonds is 3. The van der Waals surface area contributed by atoms with Gasteiger partial charge in [-0.15, -0.1) is 0 Å². The van der Waals surface area contributed by atoms with Crippen LogP contribution in [0, 0.1) is 0 Å². The van der Waals surface area contributed by atoms with Gasteiger partial charge < -0.3 is 0 Å². The van der Waals surface area contributed by atoms with E-state index in [2.05, 4.69) is 32.5 Å². The Bertz CT molecular complexity index is 419. The lowest BCUT2D eigenvalue weighted by Gasteiger charge is -2.01. The Hall–Kier alpha value is -1.22. The summed E-state index contributed by atoms with van der Waals surface area (Å²) in [6, 6.07) is 5.74. The molecule has 0 amide bonds. The van der Waals surface area contributed by atoms with Crippen LogP contribution in [0.5, 0.6) is 0 Å². The van der Waals surface area contributed by atoms with Gasteiger partial charge >= 0.3 is 0 Å². The van der Waals surface area contributed by atoms with Gasteiger partial charge in [0, 0.05) is 6.21 Å². The fraction of sp³-hybridized carbons (Fsp3) is 0.167. The zero-order chi connectivity index (χ0) is 11.3. The topological polar surface area (TPSA) is 25.2 Å². The van der Waals surface area contributed by atoms with Gasteiger partial charge in [-0.2, -0.15) is 0 Å². The highest BCUT2D eigenvalue weighted by atomic mass is 79.9. The molecule has 1 rings (SSSR count). The molecule has 0 bridgehead atoms. The van der Waals surface area contributed by atoms with Gasteiger partial charge in [-0.1, -0.05) is 18.2 Å². The van der Waals surface area contributed by atoms with E-state index in [0.717, 1.165) is 21.6 Å². The van der Waals surface area contributed by atoms with Gasteiger partial charge in [0.2, 0.25) is 0 Å². The highest BCUT2D eigenvalue weighted by Crippen LogP contribution is 2.17. The van der Waals surface area contributed by atoms with Crippen molar-refractivity contribution >= 4 is 27.8 Å². The number of hydrogen-bond donors (Lipinski definition) is 0. The third kappa shape index (κ3) is 3.80. The number of halogens is 1. The van der Waals surface area contributed by atoms with Gasteiger partial charge in [0.25, 0.3) is 0 Å². The van der Waals surface area contributed by atoms with Crippen molar-refractivity contribution in [3.63, 3.8) is 0 Å². The minimum atomic E-state index is 0.805. The SMILES string of the molecule is C=C(C)/C=C(\N=C/C)c1cccc(Br)n1. The number of allylic oxidation sites excluding steroid dienone is 2. The summed E-state index contributed by atoms with van der Waals surface area (Å²) in [7, 11) is 0. The van der Waals surface area contributed by atoms with Crippen molar-refractivity contribution in [3.05, 3.63) is 46.7 Å². The van der Waals surface area contributed by atoms with Gasteiger partial charge in [0.05, 0.1) is 11.4 Å². The number of nitrogens with zero attached hydrogens (tertiary/aromatic N) is 2. The molecule has 0 atom stereocenters. The molecule has 3 heteroatoms. The first-order chi connectivity index (χ1) is 7.13. The van der Waals surface area contributed by atoms with E-state index >= 15 is 0 Å². The molecule has 0 aliphatic heterocycles. The minimum absolute atomic E-state index is 0.805. The number of aromatic nitrogens is 1. The fourth-order valence-corrected chi connectivity index (χ4v) is 1.44. The summed E-state index contributed by atoms with van der Waals surface area (Å²) >= 11 is 3.34. The average molecular weight is 265 g/mol. The monoisotopic (exact) mass is 264 g/mol. The third-order valence-corrected chi connectivity index (χ3v) is 2.07. The predicted octanol–water partition coefficient (Wildman–Crippen LogP) is 3.85. The normalized spacial score (nSPS) is 12.1. The maximum absolute atomic E-state index is 4.34. The van der Waals surface area contributed by atoms with E-state index in [0.29, 0.717) is 0 Å². The Labute approximate surface area is 98.6 Å². The van der Waals surface area contributed by atoms with Crippen LogP contribution in [0.15, 0.2) is 46.0 Å². The maximum atomic E-state index is 4.34. The molecule has 15 heavy (non-hydrogen) atoms. The molecular formula is C12H13BrN2. The van der Waals surface area contributed by atoms with E-state index in [1.807, 2.05) is 38.1 Å². The zero-order valence-corrected chi connectivity index (χ0v) is 10.5. The van der Waals surface area contributed by atoms with Crippen molar-refractivity contribution in [3.8, 4) is 0 Å². The molecule has 78 valence electrons. The molecule has 1 aromatic rings. The lowest BCUT2D eigenvalue weighted by atomic mass is 10.2. The summed E-state index contributed by atoms with van der Waals surface area (Å²) in [5.74, 6) is 0. The highest BCUT2D eigenvalue weighted by molar-refractivity contribution is 9.10. The van der Waals surface area contributed by atoms with E-state index in [1.54, 1.807) is 6.21 Å². The van der Waals surface area contributed by atoms with Crippen LogP contribution in [0.4, 0.5) is 0 Å². The first-order valence-corrected chi connectivity index (χ1v) is 5.41. The summed E-state index contributed by atoms with van der Waals surface area (Å²) in [6.07, 6.45) is 3.66. The van der Waals surface area contributed by atoms with Gasteiger partial charge in [0.15, 0.2) is 0 Å². The van der Waals surface area contributed by atoms with E-state index in [4.69, 9.17) is 0 Å². The van der Waals surface area contributed by atoms with Crippen LogP contribution >= 0.6 is 15.9 Å². The van der Waals surface area contributed by atoms with Crippen LogP contribution in [0.2, 0.25) is 0 Å². The molecule has 0 aliphatic carbocycles. The Morgan fingerprint density at radius 1 is 1.53 bits per heavy atom. The second kappa shape index (κ2) is 5.61. The maximum Gasteiger partial charge on any atom is 0.106 e. The van der Waals surface area contributed by atoms with Crippen LogP contribution < -0.4 is 0 Å². The largest absolute Gasteiger partial charge is 0.259 e. The minimum Gasteiger partial charge on any atom is -0.259 e. The van der Waals surface area contributed by atoms with Crippen LogP contribution in [-0.4, -0.2) is 11.2 Å². The molecule has 0 N–H and O–H groups in total. The van der Waals surface area contributed by atoms with Gasteiger partial charge in [-0.25, -0.2) is 4.98 Å². The van der Waals surface area contributed by atoms with Crippen molar-refractivity contribution in [1.29, 1.82) is 0 Å². The summed E-state index contributed by atoms with van der Waals surface area (Å²) < 4.78 is 0.805. The Morgan fingerprint density at radius 2 is 2.27 bits per heavy atom. The van der Waals surface area contributed by atoms with Crippen LogP contribution in [0.3, 0.4) is 0 Å². The van der Waals surface area contributed by atoms with Crippen molar-refractivity contribution < 1.29 is 0 Å². The Balaban J connectivity index is 3.15. The molecule has 0 saturated heterocycles. The Kier molecular flexibility index (Phi) is 4.43.